The number of hydrogen-bond donors (Lipinski definition) is 1. The van der Waals surface area contributed by atoms with Crippen molar-refractivity contribution >= 4 is 22.6 Å². The lowest BCUT2D eigenvalue weighted by molar-refractivity contribution is -0.146. The van der Waals surface area contributed by atoms with Crippen LogP contribution < -0.4 is 9.64 Å². The minimum Gasteiger partial charge on any atom is -0.497 e. The molecule has 2 heterocycles. The molecule has 1 aliphatic rings. The zero-order chi connectivity index (χ0) is 19.0. The standard InChI is InChI=1S/C21H21N3O3/c1-21(20(25)26)11-12-24(13-21)19-17-6-4-3-5-16(17)18(22-23-19)14-7-9-15(27-2)10-8-14/h3-10H,11-13H2,1-2H3,(H,25,26). The number of aromatic nitrogens is 2. The van der Waals surface area contributed by atoms with Gasteiger partial charge in [-0.05, 0) is 37.6 Å². The molecule has 6 heteroatoms. The number of carboxylic acids is 1. The Hall–Kier alpha value is -3.15. The largest absolute Gasteiger partial charge is 0.497 e. The molecule has 0 bridgehead atoms. The molecule has 1 atom stereocenters. The van der Waals surface area contributed by atoms with Crippen molar-refractivity contribution in [1.29, 1.82) is 0 Å². The van der Waals surface area contributed by atoms with E-state index in [1.165, 1.54) is 0 Å². The second-order valence-corrected chi connectivity index (χ2v) is 7.18. The van der Waals surface area contributed by atoms with Gasteiger partial charge in [0.2, 0.25) is 0 Å². The van der Waals surface area contributed by atoms with E-state index in [0.29, 0.717) is 19.5 Å². The van der Waals surface area contributed by atoms with E-state index >= 15 is 0 Å². The molecule has 138 valence electrons. The molecule has 1 fully saturated rings. The quantitative estimate of drug-likeness (QED) is 0.763. The lowest BCUT2D eigenvalue weighted by atomic mass is 9.90. The van der Waals surface area contributed by atoms with Crippen molar-refractivity contribution in [2.24, 2.45) is 5.41 Å². The van der Waals surface area contributed by atoms with Crippen LogP contribution in [0.2, 0.25) is 0 Å². The summed E-state index contributed by atoms with van der Waals surface area (Å²) in [6, 6.07) is 15.7. The van der Waals surface area contributed by atoms with E-state index in [4.69, 9.17) is 4.74 Å². The number of anilines is 1. The first-order valence-electron chi connectivity index (χ1n) is 8.90. The van der Waals surface area contributed by atoms with Gasteiger partial charge >= 0.3 is 5.97 Å². The van der Waals surface area contributed by atoms with Gasteiger partial charge in [-0.3, -0.25) is 4.79 Å². The van der Waals surface area contributed by atoms with E-state index in [1.807, 2.05) is 53.4 Å². The number of benzene rings is 2. The van der Waals surface area contributed by atoms with Crippen molar-refractivity contribution in [2.75, 3.05) is 25.1 Å². The van der Waals surface area contributed by atoms with E-state index < -0.39 is 11.4 Å². The Labute approximate surface area is 157 Å². The van der Waals surface area contributed by atoms with Crippen LogP contribution in [0.25, 0.3) is 22.0 Å². The van der Waals surface area contributed by atoms with Crippen LogP contribution in [0.4, 0.5) is 5.82 Å². The number of ether oxygens (including phenoxy) is 1. The van der Waals surface area contributed by atoms with Gasteiger partial charge in [0.15, 0.2) is 5.82 Å². The maximum Gasteiger partial charge on any atom is 0.311 e. The molecule has 1 N–H and O–H groups in total. The molecule has 1 unspecified atom stereocenters. The lowest BCUT2D eigenvalue weighted by Crippen LogP contribution is -2.32. The van der Waals surface area contributed by atoms with E-state index in [9.17, 15) is 9.90 Å². The van der Waals surface area contributed by atoms with Crippen LogP contribution in [-0.2, 0) is 4.79 Å². The zero-order valence-corrected chi connectivity index (χ0v) is 15.3. The van der Waals surface area contributed by atoms with Crippen LogP contribution in [0.5, 0.6) is 5.75 Å². The summed E-state index contributed by atoms with van der Waals surface area (Å²) in [6.45, 7) is 2.88. The van der Waals surface area contributed by atoms with Crippen molar-refractivity contribution in [2.45, 2.75) is 13.3 Å². The summed E-state index contributed by atoms with van der Waals surface area (Å²) in [7, 11) is 1.64. The van der Waals surface area contributed by atoms with Gasteiger partial charge in [0.25, 0.3) is 0 Å². The smallest absolute Gasteiger partial charge is 0.311 e. The molecule has 0 saturated carbocycles. The first-order chi connectivity index (χ1) is 13.0. The summed E-state index contributed by atoms with van der Waals surface area (Å²) in [4.78, 5) is 13.6. The highest BCUT2D eigenvalue weighted by molar-refractivity contribution is 6.00. The monoisotopic (exact) mass is 363 g/mol. The molecule has 27 heavy (non-hydrogen) atoms. The number of carbonyl (C=O) groups is 1. The predicted molar refractivity (Wildman–Crippen MR) is 104 cm³/mol. The molecular weight excluding hydrogens is 342 g/mol. The molecule has 3 aromatic rings. The molecule has 2 aromatic carbocycles. The first-order valence-corrected chi connectivity index (χ1v) is 8.90. The fraction of sp³-hybridized carbons (Fsp3) is 0.286. The van der Waals surface area contributed by atoms with Crippen molar-refractivity contribution in [3.8, 4) is 17.0 Å². The molecule has 0 radical (unpaired) electrons. The Bertz CT molecular complexity index is 1000. The number of methoxy groups -OCH3 is 1. The highest BCUT2D eigenvalue weighted by atomic mass is 16.5. The fourth-order valence-electron chi connectivity index (χ4n) is 3.60. The number of aliphatic carboxylic acids is 1. The summed E-state index contributed by atoms with van der Waals surface area (Å²) in [5.74, 6) is 0.766. The molecule has 1 aliphatic heterocycles. The normalized spacial score (nSPS) is 19.4. The second-order valence-electron chi connectivity index (χ2n) is 7.18. The van der Waals surface area contributed by atoms with Crippen LogP contribution in [-0.4, -0.2) is 41.5 Å². The average molecular weight is 363 g/mol. The number of carboxylic acid groups (broad SMARTS) is 1. The molecule has 6 nitrogen and oxygen atoms in total. The van der Waals surface area contributed by atoms with Gasteiger partial charge < -0.3 is 14.7 Å². The van der Waals surface area contributed by atoms with Crippen LogP contribution in [0.3, 0.4) is 0 Å². The molecule has 0 amide bonds. The van der Waals surface area contributed by atoms with E-state index in [0.717, 1.165) is 33.6 Å². The number of hydrogen-bond acceptors (Lipinski definition) is 5. The first kappa shape index (κ1) is 17.3. The average Bonchev–Trinajstić information content (AvgIpc) is 3.11. The van der Waals surface area contributed by atoms with Gasteiger partial charge in [0.1, 0.15) is 11.4 Å². The van der Waals surface area contributed by atoms with Crippen LogP contribution >= 0.6 is 0 Å². The van der Waals surface area contributed by atoms with Crippen LogP contribution in [0.1, 0.15) is 13.3 Å². The van der Waals surface area contributed by atoms with Crippen LogP contribution in [0.15, 0.2) is 48.5 Å². The highest BCUT2D eigenvalue weighted by Crippen LogP contribution is 2.37. The molecule has 4 rings (SSSR count). The number of fused-ring (bicyclic) bond motifs is 1. The summed E-state index contributed by atoms with van der Waals surface area (Å²) in [5.41, 5.74) is 1.01. The molecular formula is C21H21N3O3. The Balaban J connectivity index is 1.78. The van der Waals surface area contributed by atoms with Crippen molar-refractivity contribution in [3.05, 3.63) is 48.5 Å². The Kier molecular flexibility index (Phi) is 4.18. The number of nitrogens with zero attached hydrogens (tertiary/aromatic N) is 3. The highest BCUT2D eigenvalue weighted by Gasteiger charge is 2.41. The summed E-state index contributed by atoms with van der Waals surface area (Å²) in [5, 5.41) is 20.5. The Morgan fingerprint density at radius 3 is 2.44 bits per heavy atom. The third-order valence-electron chi connectivity index (χ3n) is 5.32. The molecule has 0 aliphatic carbocycles. The summed E-state index contributed by atoms with van der Waals surface area (Å²) >= 11 is 0. The minimum absolute atomic E-state index is 0.433. The van der Waals surface area contributed by atoms with Crippen molar-refractivity contribution in [1.82, 2.24) is 10.2 Å². The minimum atomic E-state index is -0.767. The van der Waals surface area contributed by atoms with Crippen LogP contribution in [0, 0.1) is 5.41 Å². The molecule has 1 aromatic heterocycles. The zero-order valence-electron chi connectivity index (χ0n) is 15.3. The van der Waals surface area contributed by atoms with Crippen molar-refractivity contribution < 1.29 is 14.6 Å². The fourth-order valence-corrected chi connectivity index (χ4v) is 3.60. The Morgan fingerprint density at radius 2 is 1.81 bits per heavy atom. The Morgan fingerprint density at radius 1 is 1.11 bits per heavy atom. The second kappa shape index (κ2) is 6.54. The van der Waals surface area contributed by atoms with Gasteiger partial charge in [-0.1, -0.05) is 24.3 Å². The lowest BCUT2D eigenvalue weighted by Gasteiger charge is -2.22. The van der Waals surface area contributed by atoms with Gasteiger partial charge in [0.05, 0.1) is 12.5 Å². The third kappa shape index (κ3) is 2.97. The van der Waals surface area contributed by atoms with E-state index in [-0.39, 0.29) is 0 Å². The summed E-state index contributed by atoms with van der Waals surface area (Å²) < 4.78 is 5.23. The van der Waals surface area contributed by atoms with Gasteiger partial charge in [-0.2, -0.15) is 0 Å². The van der Waals surface area contributed by atoms with E-state index in [2.05, 4.69) is 10.2 Å². The SMILES string of the molecule is COc1ccc(-c2nnc(N3CCC(C)(C(=O)O)C3)c3ccccc23)cc1. The van der Waals surface area contributed by atoms with Gasteiger partial charge in [-0.15, -0.1) is 10.2 Å². The maximum absolute atomic E-state index is 11.6. The van der Waals surface area contributed by atoms with Gasteiger partial charge in [-0.25, -0.2) is 0 Å². The number of rotatable bonds is 4. The third-order valence-corrected chi connectivity index (χ3v) is 5.32. The predicted octanol–water partition coefficient (Wildman–Crippen LogP) is 3.61. The van der Waals surface area contributed by atoms with Crippen molar-refractivity contribution in [3.63, 3.8) is 0 Å². The topological polar surface area (TPSA) is 75.6 Å². The summed E-state index contributed by atoms with van der Waals surface area (Å²) in [6.07, 6.45) is 0.596. The molecule has 1 saturated heterocycles. The molecule has 0 spiro atoms. The van der Waals surface area contributed by atoms with Gasteiger partial charge in [0, 0.05) is 29.4 Å². The maximum atomic E-state index is 11.6. The van der Waals surface area contributed by atoms with E-state index in [1.54, 1.807) is 14.0 Å².